The van der Waals surface area contributed by atoms with Crippen LogP contribution in [0.5, 0.6) is 5.75 Å². The number of para-hydroxylation sites is 1. The molecule has 0 spiro atoms. The lowest BCUT2D eigenvalue weighted by molar-refractivity contribution is -0.116. The number of aliphatic hydroxyl groups is 1. The minimum absolute atomic E-state index is 0.0233. The van der Waals surface area contributed by atoms with Gasteiger partial charge in [-0.2, -0.15) is 0 Å². The van der Waals surface area contributed by atoms with E-state index >= 15 is 0 Å². The molecule has 0 bridgehead atoms. The molecule has 2 N–H and O–H groups in total. The lowest BCUT2D eigenvalue weighted by atomic mass is 9.99. The van der Waals surface area contributed by atoms with Crippen molar-refractivity contribution in [3.8, 4) is 5.75 Å². The number of anilines is 1. The molecule has 3 aromatic rings. The number of rotatable bonds is 3. The van der Waals surface area contributed by atoms with Gasteiger partial charge in [0.25, 0.3) is 5.91 Å². The second kappa shape index (κ2) is 7.24. The second-order valence-corrected chi connectivity index (χ2v) is 6.60. The van der Waals surface area contributed by atoms with Crippen LogP contribution in [0.1, 0.15) is 17.2 Å². The number of hydrogen-bond donors (Lipinski definition) is 2. The summed E-state index contributed by atoms with van der Waals surface area (Å²) >= 11 is 0. The van der Waals surface area contributed by atoms with E-state index in [4.69, 9.17) is 0 Å². The molecule has 0 saturated carbocycles. The highest BCUT2D eigenvalue weighted by molar-refractivity contribution is 6.36. The standard InChI is InChI=1S/C23H16FNO4/c24-16-6-4-5-15(13-16)21(27)19-22(28)20(14-9-11-18(26)12-10-14)25(23(19)29)17-7-2-1-3-8-17/h1-13,20,26-27H/b21-19+. The number of Topliss-reactive ketones (excluding diaryl/α,β-unsaturated/α-hetero) is 1. The predicted molar refractivity (Wildman–Crippen MR) is 106 cm³/mol. The number of benzene rings is 3. The number of phenols is 1. The van der Waals surface area contributed by atoms with Gasteiger partial charge in [-0.3, -0.25) is 14.5 Å². The maximum Gasteiger partial charge on any atom is 0.266 e. The van der Waals surface area contributed by atoms with Gasteiger partial charge in [0.15, 0.2) is 5.78 Å². The first-order valence-electron chi connectivity index (χ1n) is 8.88. The predicted octanol–water partition coefficient (Wildman–Crippen LogP) is 4.16. The fraction of sp³-hybridized carbons (Fsp3) is 0.0435. The summed E-state index contributed by atoms with van der Waals surface area (Å²) in [6, 6.07) is 18.6. The van der Waals surface area contributed by atoms with Gasteiger partial charge in [-0.1, -0.05) is 42.5 Å². The average Bonchev–Trinajstić information content (AvgIpc) is 2.99. The van der Waals surface area contributed by atoms with Crippen LogP contribution in [-0.4, -0.2) is 21.9 Å². The molecule has 29 heavy (non-hydrogen) atoms. The van der Waals surface area contributed by atoms with Crippen molar-refractivity contribution in [2.45, 2.75) is 6.04 Å². The Morgan fingerprint density at radius 2 is 1.59 bits per heavy atom. The monoisotopic (exact) mass is 389 g/mol. The Labute approximate surface area is 166 Å². The second-order valence-electron chi connectivity index (χ2n) is 6.60. The molecule has 1 heterocycles. The molecule has 5 nitrogen and oxygen atoms in total. The summed E-state index contributed by atoms with van der Waals surface area (Å²) in [5.41, 5.74) is 0.594. The molecular weight excluding hydrogens is 373 g/mol. The van der Waals surface area contributed by atoms with Crippen LogP contribution in [0.4, 0.5) is 10.1 Å². The van der Waals surface area contributed by atoms with Crippen LogP contribution < -0.4 is 4.90 Å². The molecular formula is C23H16FNO4. The molecule has 1 unspecified atom stereocenters. The summed E-state index contributed by atoms with van der Waals surface area (Å²) in [7, 11) is 0. The Morgan fingerprint density at radius 1 is 0.897 bits per heavy atom. The largest absolute Gasteiger partial charge is 0.508 e. The topological polar surface area (TPSA) is 77.8 Å². The highest BCUT2D eigenvalue weighted by atomic mass is 19.1. The number of carbonyl (C=O) groups excluding carboxylic acids is 2. The quantitative estimate of drug-likeness (QED) is 0.401. The van der Waals surface area contributed by atoms with E-state index in [9.17, 15) is 24.2 Å². The summed E-state index contributed by atoms with van der Waals surface area (Å²) < 4.78 is 13.6. The number of aliphatic hydroxyl groups excluding tert-OH is 1. The minimum Gasteiger partial charge on any atom is -0.508 e. The molecule has 1 amide bonds. The molecule has 1 fully saturated rings. The first-order chi connectivity index (χ1) is 14.0. The van der Waals surface area contributed by atoms with Gasteiger partial charge in [0.05, 0.1) is 0 Å². The fourth-order valence-corrected chi connectivity index (χ4v) is 3.41. The van der Waals surface area contributed by atoms with E-state index in [1.54, 1.807) is 42.5 Å². The highest BCUT2D eigenvalue weighted by Crippen LogP contribution is 2.39. The first-order valence-corrected chi connectivity index (χ1v) is 8.88. The third-order valence-electron chi connectivity index (χ3n) is 4.76. The van der Waals surface area contributed by atoms with Crippen molar-refractivity contribution in [1.82, 2.24) is 0 Å². The Morgan fingerprint density at radius 3 is 2.24 bits per heavy atom. The number of halogens is 1. The number of amides is 1. The van der Waals surface area contributed by atoms with Crippen LogP contribution in [0.15, 0.2) is 84.4 Å². The van der Waals surface area contributed by atoms with Crippen molar-refractivity contribution in [3.05, 3.63) is 101 Å². The van der Waals surface area contributed by atoms with Gasteiger partial charge in [-0.05, 0) is 42.0 Å². The Hall–Kier alpha value is -3.93. The van der Waals surface area contributed by atoms with E-state index in [0.717, 1.165) is 6.07 Å². The smallest absolute Gasteiger partial charge is 0.266 e. The lowest BCUT2D eigenvalue weighted by Gasteiger charge is -2.23. The van der Waals surface area contributed by atoms with Crippen molar-refractivity contribution in [2.75, 3.05) is 4.90 Å². The summed E-state index contributed by atoms with van der Waals surface area (Å²) in [6.07, 6.45) is 0. The number of nitrogens with zero attached hydrogens (tertiary/aromatic N) is 1. The van der Waals surface area contributed by atoms with Gasteiger partial charge in [0.1, 0.15) is 28.9 Å². The van der Waals surface area contributed by atoms with Crippen molar-refractivity contribution >= 4 is 23.1 Å². The molecule has 1 saturated heterocycles. The normalized spacial score (nSPS) is 18.2. The molecule has 3 aromatic carbocycles. The van der Waals surface area contributed by atoms with Gasteiger partial charge in [0.2, 0.25) is 0 Å². The molecule has 144 valence electrons. The van der Waals surface area contributed by atoms with E-state index in [-0.39, 0.29) is 11.3 Å². The zero-order chi connectivity index (χ0) is 20.5. The van der Waals surface area contributed by atoms with Gasteiger partial charge in [-0.25, -0.2) is 4.39 Å². The fourth-order valence-electron chi connectivity index (χ4n) is 3.41. The molecule has 4 rings (SSSR count). The molecule has 1 aliphatic heterocycles. The zero-order valence-corrected chi connectivity index (χ0v) is 15.1. The summed E-state index contributed by atoms with van der Waals surface area (Å²) in [5.74, 6) is -2.42. The van der Waals surface area contributed by atoms with Gasteiger partial charge < -0.3 is 10.2 Å². The molecule has 0 aromatic heterocycles. The van der Waals surface area contributed by atoms with Crippen LogP contribution in [-0.2, 0) is 9.59 Å². The Balaban J connectivity index is 1.89. The molecule has 1 atom stereocenters. The number of hydrogen-bond acceptors (Lipinski definition) is 4. The first kappa shape index (κ1) is 18.4. The van der Waals surface area contributed by atoms with Crippen molar-refractivity contribution in [3.63, 3.8) is 0 Å². The molecule has 1 aliphatic rings. The van der Waals surface area contributed by atoms with Crippen LogP contribution in [0.3, 0.4) is 0 Å². The number of phenolic OH excluding ortho intramolecular Hbond substituents is 1. The lowest BCUT2D eigenvalue weighted by Crippen LogP contribution is -2.28. The summed E-state index contributed by atoms with van der Waals surface area (Å²) in [4.78, 5) is 27.8. The van der Waals surface area contributed by atoms with E-state index in [2.05, 4.69) is 0 Å². The maximum atomic E-state index is 13.6. The van der Waals surface area contributed by atoms with Crippen LogP contribution >= 0.6 is 0 Å². The molecule has 6 heteroatoms. The van der Waals surface area contributed by atoms with Crippen LogP contribution in [0, 0.1) is 5.82 Å². The van der Waals surface area contributed by atoms with Gasteiger partial charge in [-0.15, -0.1) is 0 Å². The third kappa shape index (κ3) is 3.25. The highest BCUT2D eigenvalue weighted by Gasteiger charge is 2.46. The van der Waals surface area contributed by atoms with Crippen LogP contribution in [0.2, 0.25) is 0 Å². The summed E-state index contributed by atoms with van der Waals surface area (Å²) in [5, 5.41) is 20.2. The Bertz CT molecular complexity index is 1120. The summed E-state index contributed by atoms with van der Waals surface area (Å²) in [6.45, 7) is 0. The van der Waals surface area contributed by atoms with E-state index in [1.165, 1.54) is 35.2 Å². The number of aromatic hydroxyl groups is 1. The van der Waals surface area contributed by atoms with E-state index in [1.807, 2.05) is 0 Å². The minimum atomic E-state index is -1.02. The van der Waals surface area contributed by atoms with Crippen LogP contribution in [0.25, 0.3) is 5.76 Å². The number of carbonyl (C=O) groups is 2. The van der Waals surface area contributed by atoms with E-state index in [0.29, 0.717) is 11.3 Å². The Kier molecular flexibility index (Phi) is 4.60. The average molecular weight is 389 g/mol. The molecule has 0 aliphatic carbocycles. The van der Waals surface area contributed by atoms with Crippen molar-refractivity contribution in [2.24, 2.45) is 0 Å². The number of ketones is 1. The van der Waals surface area contributed by atoms with E-state index < -0.39 is 34.9 Å². The van der Waals surface area contributed by atoms with Crippen molar-refractivity contribution in [1.29, 1.82) is 0 Å². The third-order valence-corrected chi connectivity index (χ3v) is 4.76. The SMILES string of the molecule is O=C1/C(=C(\O)c2cccc(F)c2)C(=O)N(c2ccccc2)C1c1ccc(O)cc1. The van der Waals surface area contributed by atoms with Crippen molar-refractivity contribution < 1.29 is 24.2 Å². The van der Waals surface area contributed by atoms with Gasteiger partial charge >= 0.3 is 0 Å². The zero-order valence-electron chi connectivity index (χ0n) is 15.1. The maximum absolute atomic E-state index is 13.6. The molecule has 0 radical (unpaired) electrons. The van der Waals surface area contributed by atoms with Gasteiger partial charge in [0, 0.05) is 11.3 Å².